The Balaban J connectivity index is 1.85. The lowest BCUT2D eigenvalue weighted by atomic mass is 9.73. The topological polar surface area (TPSA) is 0 Å². The quantitative estimate of drug-likeness (QED) is 0.107. The molecule has 0 fully saturated rings. The van der Waals surface area contributed by atoms with E-state index in [9.17, 15) is 0 Å². The molecular formula is C48H36Br6. The third-order valence-electron chi connectivity index (χ3n) is 9.72. The van der Waals surface area contributed by atoms with Crippen molar-refractivity contribution in [3.8, 4) is 66.8 Å². The van der Waals surface area contributed by atoms with Gasteiger partial charge < -0.3 is 0 Å². The minimum Gasteiger partial charge on any atom is -0.0876 e. The van der Waals surface area contributed by atoms with Crippen LogP contribution in [0.5, 0.6) is 0 Å². The first kappa shape index (κ1) is 39.6. The Kier molecular flexibility index (Phi) is 13.6. The smallest absolute Gasteiger partial charge is 0.0283 e. The van der Waals surface area contributed by atoms with Gasteiger partial charge in [-0.3, -0.25) is 0 Å². The monoisotopic (exact) mass is 1090 g/mol. The lowest BCUT2D eigenvalue weighted by Crippen LogP contribution is -2.03. The van der Waals surface area contributed by atoms with Gasteiger partial charge in [0.1, 0.15) is 0 Å². The van der Waals surface area contributed by atoms with Gasteiger partial charge in [-0.25, -0.2) is 0 Å². The third kappa shape index (κ3) is 8.40. The molecular weight excluding hydrogens is 1060 g/mol. The lowest BCUT2D eigenvalue weighted by molar-refractivity contribution is 1.39. The van der Waals surface area contributed by atoms with Gasteiger partial charge in [0.25, 0.3) is 0 Å². The van der Waals surface area contributed by atoms with Crippen molar-refractivity contribution in [2.24, 2.45) is 0 Å². The summed E-state index contributed by atoms with van der Waals surface area (Å²) in [5.74, 6) is 0. The summed E-state index contributed by atoms with van der Waals surface area (Å²) >= 11 is 22.8. The Morgan fingerprint density at radius 2 is 0.370 bits per heavy atom. The molecule has 7 aromatic rings. The Bertz CT molecular complexity index is 1970. The van der Waals surface area contributed by atoms with Gasteiger partial charge in [0.05, 0.1) is 0 Å². The number of rotatable bonds is 12. The Morgan fingerprint density at radius 3 is 0.500 bits per heavy atom. The maximum absolute atomic E-state index is 3.80. The van der Waals surface area contributed by atoms with E-state index in [1.165, 1.54) is 100 Å². The maximum atomic E-state index is 3.80. The van der Waals surface area contributed by atoms with Gasteiger partial charge in [-0.15, -0.1) is 0 Å². The summed E-state index contributed by atoms with van der Waals surface area (Å²) in [7, 11) is 0. The molecule has 0 radical (unpaired) electrons. The highest BCUT2D eigenvalue weighted by molar-refractivity contribution is 9.09. The molecule has 0 amide bonds. The van der Waals surface area contributed by atoms with Crippen LogP contribution in [0.1, 0.15) is 33.4 Å². The van der Waals surface area contributed by atoms with E-state index in [4.69, 9.17) is 0 Å². The van der Waals surface area contributed by atoms with Gasteiger partial charge in [0.2, 0.25) is 0 Å². The first-order chi connectivity index (χ1) is 26.5. The second-order valence-electron chi connectivity index (χ2n) is 13.3. The number of benzene rings is 7. The molecule has 0 unspecified atom stereocenters. The van der Waals surface area contributed by atoms with Crippen LogP contribution in [0.15, 0.2) is 146 Å². The molecule has 0 spiro atoms. The molecule has 0 nitrogen and oxygen atoms in total. The molecule has 0 saturated heterocycles. The highest BCUT2D eigenvalue weighted by atomic mass is 79.9. The summed E-state index contributed by atoms with van der Waals surface area (Å²) in [5, 5.41) is 4.59. The summed E-state index contributed by atoms with van der Waals surface area (Å²) < 4.78 is 0. The van der Waals surface area contributed by atoms with E-state index >= 15 is 0 Å². The van der Waals surface area contributed by atoms with E-state index in [0.29, 0.717) is 0 Å². The fourth-order valence-electron chi connectivity index (χ4n) is 7.34. The van der Waals surface area contributed by atoms with Crippen molar-refractivity contribution in [1.82, 2.24) is 0 Å². The van der Waals surface area contributed by atoms with Crippen molar-refractivity contribution in [3.05, 3.63) is 179 Å². The van der Waals surface area contributed by atoms with Crippen molar-refractivity contribution in [2.75, 3.05) is 0 Å². The van der Waals surface area contributed by atoms with Crippen molar-refractivity contribution in [2.45, 2.75) is 32.0 Å². The Morgan fingerprint density at radius 1 is 0.222 bits per heavy atom. The first-order valence-electron chi connectivity index (χ1n) is 17.7. The average Bonchev–Trinajstić information content (AvgIpc) is 3.25. The molecule has 0 heterocycles. The van der Waals surface area contributed by atoms with Crippen LogP contribution in [-0.4, -0.2) is 0 Å². The molecule has 0 aliphatic heterocycles. The van der Waals surface area contributed by atoms with Gasteiger partial charge in [0.15, 0.2) is 0 Å². The highest BCUT2D eigenvalue weighted by Crippen LogP contribution is 2.56. The van der Waals surface area contributed by atoms with Crippen LogP contribution in [0.2, 0.25) is 0 Å². The number of hydrogen-bond acceptors (Lipinski definition) is 0. The normalized spacial score (nSPS) is 11.2. The maximum Gasteiger partial charge on any atom is 0.0283 e. The fraction of sp³-hybridized carbons (Fsp3) is 0.125. The zero-order chi connectivity index (χ0) is 37.6. The van der Waals surface area contributed by atoms with Crippen molar-refractivity contribution < 1.29 is 0 Å². The number of alkyl halides is 6. The van der Waals surface area contributed by atoms with E-state index in [1.54, 1.807) is 0 Å². The van der Waals surface area contributed by atoms with Gasteiger partial charge in [-0.05, 0) is 100 Å². The van der Waals surface area contributed by atoms with Crippen LogP contribution in [0.25, 0.3) is 66.8 Å². The Labute approximate surface area is 369 Å². The summed E-state index contributed by atoms with van der Waals surface area (Å²) in [6, 6.07) is 54.4. The zero-order valence-corrected chi connectivity index (χ0v) is 38.9. The van der Waals surface area contributed by atoms with E-state index < -0.39 is 0 Å². The van der Waals surface area contributed by atoms with Crippen LogP contribution < -0.4 is 0 Å². The first-order valence-corrected chi connectivity index (χ1v) is 24.4. The number of hydrogen-bond donors (Lipinski definition) is 0. The molecule has 54 heavy (non-hydrogen) atoms. The van der Waals surface area contributed by atoms with Crippen molar-refractivity contribution in [3.63, 3.8) is 0 Å². The standard InChI is InChI=1S/C48H36Br6/c49-25-31-7-1-13-37(19-31)43-44(38-14-2-8-32(20-38)26-50)46(40-16-4-10-34(22-40)28-52)48(42-18-6-12-36(24-42)30-54)47(41-17-5-11-35(23-41)29-53)45(43)39-15-3-9-33(21-39)27-51/h1-24H,25-30H2. The van der Waals surface area contributed by atoms with E-state index in [-0.39, 0.29) is 0 Å². The second kappa shape index (κ2) is 18.6. The minimum atomic E-state index is 0.765. The molecule has 0 aliphatic carbocycles. The van der Waals surface area contributed by atoms with Crippen LogP contribution in [0, 0.1) is 0 Å². The van der Waals surface area contributed by atoms with Gasteiger partial charge in [-0.1, -0.05) is 241 Å². The lowest BCUT2D eigenvalue weighted by Gasteiger charge is -2.29. The second-order valence-corrected chi connectivity index (χ2v) is 16.6. The molecule has 0 aliphatic rings. The van der Waals surface area contributed by atoms with Crippen molar-refractivity contribution in [1.29, 1.82) is 0 Å². The molecule has 0 bridgehead atoms. The van der Waals surface area contributed by atoms with Crippen LogP contribution in [-0.2, 0) is 32.0 Å². The predicted octanol–water partition coefficient (Wildman–Crippen LogP) is 17.1. The van der Waals surface area contributed by atoms with Gasteiger partial charge in [-0.2, -0.15) is 0 Å². The summed E-state index contributed by atoms with van der Waals surface area (Å²) in [4.78, 5) is 0. The van der Waals surface area contributed by atoms with Crippen LogP contribution in [0.4, 0.5) is 0 Å². The molecule has 270 valence electrons. The van der Waals surface area contributed by atoms with Crippen LogP contribution >= 0.6 is 95.6 Å². The third-order valence-corrected chi connectivity index (χ3v) is 13.6. The average molecular weight is 1090 g/mol. The largest absolute Gasteiger partial charge is 0.0876 e. The van der Waals surface area contributed by atoms with Crippen LogP contribution in [0.3, 0.4) is 0 Å². The fourth-order valence-corrected chi connectivity index (χ4v) is 9.43. The molecule has 0 saturated carbocycles. The van der Waals surface area contributed by atoms with E-state index in [2.05, 4.69) is 241 Å². The number of halogens is 6. The SMILES string of the molecule is BrCc1cccc(-c2c(-c3cccc(CBr)c3)c(-c3cccc(CBr)c3)c(-c3cccc(CBr)c3)c(-c3cccc(CBr)c3)c2-c2cccc(CBr)c2)c1. The molecule has 0 atom stereocenters. The molecule has 7 rings (SSSR count). The molecule has 6 heteroatoms. The predicted molar refractivity (Wildman–Crippen MR) is 255 cm³/mol. The molecule has 0 aromatic heterocycles. The molecule has 7 aromatic carbocycles. The molecule has 0 N–H and O–H groups in total. The Hall–Kier alpha value is -2.58. The van der Waals surface area contributed by atoms with Gasteiger partial charge in [0, 0.05) is 32.0 Å². The minimum absolute atomic E-state index is 0.765. The summed E-state index contributed by atoms with van der Waals surface area (Å²) in [6.45, 7) is 0. The highest BCUT2D eigenvalue weighted by Gasteiger charge is 2.30. The van der Waals surface area contributed by atoms with Crippen molar-refractivity contribution >= 4 is 95.6 Å². The summed E-state index contributed by atoms with van der Waals surface area (Å²) in [6.07, 6.45) is 0. The van der Waals surface area contributed by atoms with E-state index in [0.717, 1.165) is 32.0 Å². The van der Waals surface area contributed by atoms with E-state index in [1.807, 2.05) is 0 Å². The van der Waals surface area contributed by atoms with Gasteiger partial charge >= 0.3 is 0 Å². The zero-order valence-electron chi connectivity index (χ0n) is 29.4. The summed E-state index contributed by atoms with van der Waals surface area (Å²) in [5.41, 5.74) is 21.8.